The maximum absolute atomic E-state index is 14.1. The predicted octanol–water partition coefficient (Wildman–Crippen LogP) is 3.73. The number of amides is 3. The van der Waals surface area contributed by atoms with Crippen molar-refractivity contribution in [3.05, 3.63) is 72.3 Å². The van der Waals surface area contributed by atoms with Crippen LogP contribution in [0.15, 0.2) is 65.6 Å². The van der Waals surface area contributed by atoms with Crippen LogP contribution in [0.2, 0.25) is 0 Å². The van der Waals surface area contributed by atoms with Gasteiger partial charge in [-0.05, 0) is 60.4 Å². The number of benzene rings is 3. The van der Waals surface area contributed by atoms with Crippen molar-refractivity contribution in [1.29, 1.82) is 0 Å². The Bertz CT molecular complexity index is 1760. The van der Waals surface area contributed by atoms with Crippen LogP contribution in [0.25, 0.3) is 11.1 Å². The molecule has 14 heteroatoms. The second kappa shape index (κ2) is 12.5. The summed E-state index contributed by atoms with van der Waals surface area (Å²) < 4.78 is 68.0. The van der Waals surface area contributed by atoms with Gasteiger partial charge in [0.05, 0.1) is 25.5 Å². The standard InChI is InChI=1S/C32H34F2N4O7S/c1-44-24-4-2-3-20(15-24)21-5-8-29-28(16-21)45-14-11-32(36-30(40)27-18-23(39)19-38(27)46(29,42)43)9-12-37(13-10-32)31(41)35-26-7-6-22(33)17-25(26)34/h2-8,15-17,23,27,39H,9-14,18-19H2,1H3,(H,35,41)(H,36,40)/t23-,27+/m1/s1. The average Bonchev–Trinajstić information content (AvgIpc) is 3.45. The summed E-state index contributed by atoms with van der Waals surface area (Å²) in [5.41, 5.74) is 0.469. The molecule has 3 aliphatic heterocycles. The first-order valence-electron chi connectivity index (χ1n) is 14.9. The highest BCUT2D eigenvalue weighted by atomic mass is 32.2. The number of anilines is 1. The SMILES string of the molecule is COc1cccc(-c2ccc3c(c2)OCCC2(CCN(C(=O)Nc4ccc(F)cc4F)CC2)NC(=O)[C@@H]2C[C@@H](O)CN2S3(=O)=O)c1. The van der Waals surface area contributed by atoms with Crippen molar-refractivity contribution in [2.24, 2.45) is 0 Å². The van der Waals surface area contributed by atoms with E-state index >= 15 is 0 Å². The van der Waals surface area contributed by atoms with Gasteiger partial charge in [-0.25, -0.2) is 22.0 Å². The number of urea groups is 1. The van der Waals surface area contributed by atoms with Crippen molar-refractivity contribution in [2.75, 3.05) is 38.7 Å². The third-order valence-electron chi connectivity index (χ3n) is 8.88. The molecule has 3 N–H and O–H groups in total. The molecular formula is C32H34F2N4O7S. The minimum Gasteiger partial charge on any atom is -0.497 e. The first-order valence-corrected chi connectivity index (χ1v) is 16.4. The fraction of sp³-hybridized carbons (Fsp3) is 0.375. The molecule has 0 aliphatic carbocycles. The van der Waals surface area contributed by atoms with Gasteiger partial charge < -0.3 is 30.1 Å². The Labute approximate surface area is 265 Å². The van der Waals surface area contributed by atoms with Crippen molar-refractivity contribution in [3.63, 3.8) is 0 Å². The number of nitrogens with zero attached hydrogens (tertiary/aromatic N) is 2. The first kappa shape index (κ1) is 31.7. The Morgan fingerprint density at radius 3 is 2.57 bits per heavy atom. The van der Waals surface area contributed by atoms with E-state index < -0.39 is 51.3 Å². The monoisotopic (exact) mass is 656 g/mol. The maximum Gasteiger partial charge on any atom is 0.321 e. The number of carbonyl (C=O) groups is 2. The third kappa shape index (κ3) is 6.24. The van der Waals surface area contributed by atoms with E-state index in [-0.39, 0.29) is 49.0 Å². The Balaban J connectivity index is 1.27. The van der Waals surface area contributed by atoms with Crippen LogP contribution in [0.1, 0.15) is 25.7 Å². The number of methoxy groups -OCH3 is 1. The number of hydrogen-bond donors (Lipinski definition) is 3. The summed E-state index contributed by atoms with van der Waals surface area (Å²) in [5.74, 6) is -1.46. The lowest BCUT2D eigenvalue weighted by atomic mass is 9.84. The van der Waals surface area contributed by atoms with Crippen LogP contribution in [0.4, 0.5) is 19.3 Å². The van der Waals surface area contributed by atoms with Crippen LogP contribution in [-0.2, 0) is 14.8 Å². The molecule has 0 saturated carbocycles. The molecule has 3 amide bonds. The highest BCUT2D eigenvalue weighted by Gasteiger charge is 2.47. The number of aliphatic hydroxyl groups is 1. The van der Waals surface area contributed by atoms with Crippen molar-refractivity contribution in [1.82, 2.24) is 14.5 Å². The van der Waals surface area contributed by atoms with E-state index in [0.29, 0.717) is 36.6 Å². The summed E-state index contributed by atoms with van der Waals surface area (Å²) in [6, 6.07) is 13.2. The second-order valence-corrected chi connectivity index (χ2v) is 13.6. The topological polar surface area (TPSA) is 138 Å². The summed E-state index contributed by atoms with van der Waals surface area (Å²) in [6.07, 6.45) is -0.196. The van der Waals surface area contributed by atoms with Crippen molar-refractivity contribution >= 4 is 27.6 Å². The molecule has 3 aromatic rings. The molecular weight excluding hydrogens is 622 g/mol. The zero-order chi connectivity index (χ0) is 32.6. The molecule has 3 heterocycles. The Kier molecular flexibility index (Phi) is 8.61. The van der Waals surface area contributed by atoms with Gasteiger partial charge in [0, 0.05) is 44.1 Å². The van der Waals surface area contributed by atoms with Gasteiger partial charge in [-0.3, -0.25) is 4.79 Å². The van der Waals surface area contributed by atoms with Gasteiger partial charge in [0.2, 0.25) is 15.9 Å². The molecule has 6 rings (SSSR count). The van der Waals surface area contributed by atoms with Gasteiger partial charge in [0.1, 0.15) is 34.1 Å². The van der Waals surface area contributed by atoms with Crippen LogP contribution < -0.4 is 20.1 Å². The normalized spacial score (nSPS) is 22.5. The Hall–Kier alpha value is -4.27. The van der Waals surface area contributed by atoms with Crippen LogP contribution in [0.5, 0.6) is 11.5 Å². The fourth-order valence-corrected chi connectivity index (χ4v) is 8.04. The number of aliphatic hydroxyl groups excluding tert-OH is 1. The van der Waals surface area contributed by atoms with Crippen LogP contribution in [0, 0.1) is 11.6 Å². The molecule has 3 aromatic carbocycles. The maximum atomic E-state index is 14.1. The number of halogens is 2. The Morgan fingerprint density at radius 1 is 1.07 bits per heavy atom. The highest BCUT2D eigenvalue weighted by Crippen LogP contribution is 2.38. The summed E-state index contributed by atoms with van der Waals surface area (Å²) >= 11 is 0. The number of nitrogens with one attached hydrogen (secondary N) is 2. The summed E-state index contributed by atoms with van der Waals surface area (Å²) in [7, 11) is -2.71. The molecule has 2 atom stereocenters. The van der Waals surface area contributed by atoms with E-state index in [2.05, 4.69) is 10.6 Å². The minimum atomic E-state index is -4.26. The molecule has 2 fully saturated rings. The molecule has 1 spiro atoms. The Morgan fingerprint density at radius 2 is 1.83 bits per heavy atom. The molecule has 0 bridgehead atoms. The molecule has 244 valence electrons. The lowest BCUT2D eigenvalue weighted by molar-refractivity contribution is -0.127. The molecule has 46 heavy (non-hydrogen) atoms. The molecule has 0 unspecified atom stereocenters. The molecule has 0 aromatic heterocycles. The summed E-state index contributed by atoms with van der Waals surface area (Å²) in [5, 5.41) is 16.0. The number of likely N-dealkylation sites (tertiary alicyclic amines) is 1. The number of sulfonamides is 1. The van der Waals surface area contributed by atoms with E-state index in [0.717, 1.165) is 22.0 Å². The van der Waals surface area contributed by atoms with Crippen molar-refractivity contribution < 1.29 is 41.4 Å². The summed E-state index contributed by atoms with van der Waals surface area (Å²) in [4.78, 5) is 28.0. The van der Waals surface area contributed by atoms with Crippen LogP contribution in [-0.4, -0.2) is 85.7 Å². The third-order valence-corrected chi connectivity index (χ3v) is 10.8. The van der Waals surface area contributed by atoms with Gasteiger partial charge in [-0.1, -0.05) is 18.2 Å². The predicted molar refractivity (Wildman–Crippen MR) is 164 cm³/mol. The van der Waals surface area contributed by atoms with E-state index in [1.165, 1.54) is 11.0 Å². The van der Waals surface area contributed by atoms with Gasteiger partial charge in [-0.2, -0.15) is 4.31 Å². The lowest BCUT2D eigenvalue weighted by Crippen LogP contribution is -2.60. The molecule has 11 nitrogen and oxygen atoms in total. The zero-order valence-corrected chi connectivity index (χ0v) is 25.9. The van der Waals surface area contributed by atoms with Crippen LogP contribution >= 0.6 is 0 Å². The van der Waals surface area contributed by atoms with Gasteiger partial charge in [0.15, 0.2) is 0 Å². The van der Waals surface area contributed by atoms with Crippen LogP contribution in [0.3, 0.4) is 0 Å². The molecule has 2 saturated heterocycles. The number of ether oxygens (including phenoxy) is 2. The van der Waals surface area contributed by atoms with Crippen molar-refractivity contribution in [3.8, 4) is 22.6 Å². The minimum absolute atomic E-state index is 0.0602. The lowest BCUT2D eigenvalue weighted by Gasteiger charge is -2.43. The highest BCUT2D eigenvalue weighted by molar-refractivity contribution is 7.89. The van der Waals surface area contributed by atoms with E-state index in [4.69, 9.17) is 9.47 Å². The number of carbonyl (C=O) groups excluding carboxylic acids is 2. The van der Waals surface area contributed by atoms with Gasteiger partial charge in [0.25, 0.3) is 0 Å². The first-order chi connectivity index (χ1) is 22.0. The fourth-order valence-electron chi connectivity index (χ4n) is 6.29. The smallest absolute Gasteiger partial charge is 0.321 e. The van der Waals surface area contributed by atoms with E-state index in [1.807, 2.05) is 18.2 Å². The average molecular weight is 657 g/mol. The second-order valence-electron chi connectivity index (χ2n) is 11.8. The summed E-state index contributed by atoms with van der Waals surface area (Å²) in [6.45, 7) is 0.199. The van der Waals surface area contributed by atoms with Gasteiger partial charge >= 0.3 is 6.03 Å². The largest absolute Gasteiger partial charge is 0.497 e. The number of hydrogen-bond acceptors (Lipinski definition) is 7. The molecule has 3 aliphatic rings. The van der Waals surface area contributed by atoms with E-state index in [9.17, 15) is 31.9 Å². The number of fused-ring (bicyclic) bond motifs is 2. The number of piperidine rings is 1. The number of rotatable bonds is 3. The quantitative estimate of drug-likeness (QED) is 0.391. The van der Waals surface area contributed by atoms with Gasteiger partial charge in [-0.15, -0.1) is 0 Å². The van der Waals surface area contributed by atoms with E-state index in [1.54, 1.807) is 25.3 Å². The van der Waals surface area contributed by atoms with Crippen molar-refractivity contribution in [2.45, 2.75) is 48.3 Å². The zero-order valence-electron chi connectivity index (χ0n) is 25.0. The molecule has 0 radical (unpaired) electrons.